The van der Waals surface area contributed by atoms with Gasteiger partial charge in [-0.2, -0.15) is 5.10 Å². The van der Waals surface area contributed by atoms with Crippen molar-refractivity contribution in [1.82, 2.24) is 30.0 Å². The summed E-state index contributed by atoms with van der Waals surface area (Å²) in [7, 11) is 1.87. The molecule has 3 heterocycles. The minimum absolute atomic E-state index is 0.379. The molecule has 1 amide bonds. The topological polar surface area (TPSA) is 97.7 Å². The normalized spacial score (nSPS) is 11.6. The molecule has 8 heteroatoms. The lowest BCUT2D eigenvalue weighted by molar-refractivity contribution is 0.0523. The van der Waals surface area contributed by atoms with E-state index in [-0.39, 0.29) is 0 Å². The van der Waals surface area contributed by atoms with Gasteiger partial charge < -0.3 is 15.0 Å². The molecule has 0 aliphatic heterocycles. The molecule has 0 fully saturated rings. The molecular weight excluding hydrogens is 392 g/mol. The zero-order chi connectivity index (χ0) is 22.2. The smallest absolute Gasteiger partial charge is 0.407 e. The number of aromatic nitrogens is 5. The van der Waals surface area contributed by atoms with Crippen LogP contribution >= 0.6 is 0 Å². The quantitative estimate of drug-likeness (QED) is 0.513. The maximum Gasteiger partial charge on any atom is 0.407 e. The van der Waals surface area contributed by atoms with E-state index < -0.39 is 11.7 Å². The van der Waals surface area contributed by atoms with E-state index in [9.17, 15) is 4.79 Å². The number of imidazole rings is 1. The van der Waals surface area contributed by atoms with Crippen LogP contribution in [0.3, 0.4) is 0 Å². The van der Waals surface area contributed by atoms with E-state index in [4.69, 9.17) is 9.72 Å². The number of fused-ring (bicyclic) bond motifs is 1. The minimum Gasteiger partial charge on any atom is -0.444 e. The Morgan fingerprint density at radius 1 is 1.23 bits per heavy atom. The molecule has 4 aromatic rings. The van der Waals surface area contributed by atoms with Crippen molar-refractivity contribution in [2.45, 2.75) is 39.8 Å². The van der Waals surface area contributed by atoms with Gasteiger partial charge in [0.1, 0.15) is 16.9 Å². The average molecular weight is 419 g/mol. The summed E-state index contributed by atoms with van der Waals surface area (Å²) < 4.78 is 7.08. The fraction of sp³-hybridized carbons (Fsp3) is 0.304. The Bertz CT molecular complexity index is 1250. The van der Waals surface area contributed by atoms with E-state index in [0.717, 1.165) is 39.2 Å². The maximum atomic E-state index is 12.0. The van der Waals surface area contributed by atoms with E-state index in [1.807, 2.05) is 59.1 Å². The third-order valence-corrected chi connectivity index (χ3v) is 4.92. The van der Waals surface area contributed by atoms with Crippen LogP contribution in [-0.4, -0.2) is 36.4 Å². The van der Waals surface area contributed by atoms with Crippen LogP contribution in [0.25, 0.3) is 33.7 Å². The highest BCUT2D eigenvalue weighted by atomic mass is 16.6. The van der Waals surface area contributed by atoms with Crippen LogP contribution in [-0.2, 0) is 18.3 Å². The second-order valence-corrected chi connectivity index (χ2v) is 8.49. The van der Waals surface area contributed by atoms with Gasteiger partial charge in [0.25, 0.3) is 0 Å². The van der Waals surface area contributed by atoms with Gasteiger partial charge in [-0.05, 0) is 50.5 Å². The molecule has 0 spiro atoms. The van der Waals surface area contributed by atoms with Gasteiger partial charge in [0.2, 0.25) is 0 Å². The van der Waals surface area contributed by atoms with E-state index in [2.05, 4.69) is 26.4 Å². The van der Waals surface area contributed by atoms with Gasteiger partial charge in [0, 0.05) is 31.5 Å². The Morgan fingerprint density at radius 3 is 2.74 bits per heavy atom. The molecule has 2 N–H and O–H groups in total. The van der Waals surface area contributed by atoms with Gasteiger partial charge in [0.05, 0.1) is 11.8 Å². The molecule has 0 aliphatic rings. The molecular formula is C23H26N6O2. The lowest BCUT2D eigenvalue weighted by Crippen LogP contribution is -2.32. The second kappa shape index (κ2) is 7.86. The zero-order valence-electron chi connectivity index (χ0n) is 18.4. The van der Waals surface area contributed by atoms with E-state index in [1.165, 1.54) is 0 Å². The first-order chi connectivity index (χ1) is 14.7. The number of H-pyrrole nitrogens is 1. The zero-order valence-corrected chi connectivity index (χ0v) is 18.4. The summed E-state index contributed by atoms with van der Waals surface area (Å²) in [6, 6.07) is 8.00. The van der Waals surface area contributed by atoms with Crippen LogP contribution in [0.4, 0.5) is 4.79 Å². The number of pyridine rings is 1. The maximum absolute atomic E-state index is 12.0. The highest BCUT2D eigenvalue weighted by molar-refractivity contribution is 5.92. The van der Waals surface area contributed by atoms with Crippen LogP contribution in [0.5, 0.6) is 0 Å². The molecule has 1 aromatic carbocycles. The van der Waals surface area contributed by atoms with Gasteiger partial charge in [-0.15, -0.1) is 0 Å². The molecule has 3 aromatic heterocycles. The molecule has 8 nitrogen and oxygen atoms in total. The summed E-state index contributed by atoms with van der Waals surface area (Å²) in [6.45, 7) is 7.96. The predicted molar refractivity (Wildman–Crippen MR) is 119 cm³/mol. The van der Waals surface area contributed by atoms with E-state index in [1.54, 1.807) is 17.1 Å². The number of aryl methyl sites for hydroxylation is 1. The Morgan fingerprint density at radius 2 is 2.03 bits per heavy atom. The second-order valence-electron chi connectivity index (χ2n) is 8.49. The van der Waals surface area contributed by atoms with Gasteiger partial charge >= 0.3 is 6.09 Å². The molecule has 0 saturated carbocycles. The standard InChI is InChI=1S/C23H26N6O2/c1-14-15(11-25-22(30)31-23(2,3)4)7-6-8-17(14)18-9-10-24-21-19(18)27-20(28-21)16-12-26-29(5)13-16/h6-10,12-13H,11H2,1-5H3,(H,25,30)(H,24,27,28). The SMILES string of the molecule is Cc1c(CNC(=O)OC(C)(C)C)cccc1-c1ccnc2[nH]c(-c3cnn(C)c3)nc12. The molecule has 0 bridgehead atoms. The predicted octanol–water partition coefficient (Wildman–Crippen LogP) is 4.36. The van der Waals surface area contributed by atoms with Crippen LogP contribution in [0.2, 0.25) is 0 Å². The molecule has 0 saturated heterocycles. The van der Waals surface area contributed by atoms with E-state index in [0.29, 0.717) is 12.2 Å². The van der Waals surface area contributed by atoms with E-state index >= 15 is 0 Å². The number of rotatable bonds is 4. The van der Waals surface area contributed by atoms with Crippen molar-refractivity contribution < 1.29 is 9.53 Å². The van der Waals surface area contributed by atoms with Gasteiger partial charge in [-0.1, -0.05) is 18.2 Å². The van der Waals surface area contributed by atoms with Crippen molar-refractivity contribution in [3.05, 3.63) is 54.0 Å². The summed E-state index contributed by atoms with van der Waals surface area (Å²) >= 11 is 0. The lowest BCUT2D eigenvalue weighted by Gasteiger charge is -2.20. The molecule has 0 atom stereocenters. The van der Waals surface area contributed by atoms with Gasteiger partial charge in [-0.25, -0.2) is 14.8 Å². The first kappa shape index (κ1) is 20.6. The number of alkyl carbamates (subject to hydrolysis) is 1. The number of hydrogen-bond acceptors (Lipinski definition) is 5. The minimum atomic E-state index is -0.532. The van der Waals surface area contributed by atoms with Crippen molar-refractivity contribution in [1.29, 1.82) is 0 Å². The molecule has 160 valence electrons. The van der Waals surface area contributed by atoms with Crippen molar-refractivity contribution in [3.8, 4) is 22.5 Å². The Hall–Kier alpha value is -3.68. The molecule has 0 radical (unpaired) electrons. The third kappa shape index (κ3) is 4.42. The number of benzene rings is 1. The summed E-state index contributed by atoms with van der Waals surface area (Å²) in [4.78, 5) is 24.6. The van der Waals surface area contributed by atoms with Crippen LogP contribution in [0.15, 0.2) is 42.9 Å². The number of carbonyl (C=O) groups is 1. The fourth-order valence-electron chi connectivity index (χ4n) is 3.46. The summed E-state index contributed by atoms with van der Waals surface area (Å²) in [5.74, 6) is 0.725. The van der Waals surface area contributed by atoms with Crippen LogP contribution < -0.4 is 5.32 Å². The first-order valence-electron chi connectivity index (χ1n) is 10.1. The average Bonchev–Trinajstić information content (AvgIpc) is 3.31. The molecule has 31 heavy (non-hydrogen) atoms. The number of nitrogens with one attached hydrogen (secondary N) is 2. The molecule has 4 rings (SSSR count). The van der Waals surface area contributed by atoms with Crippen molar-refractivity contribution in [3.63, 3.8) is 0 Å². The molecule has 0 aliphatic carbocycles. The number of aromatic amines is 1. The van der Waals surface area contributed by atoms with Crippen molar-refractivity contribution >= 4 is 17.3 Å². The van der Waals surface area contributed by atoms with Crippen LogP contribution in [0.1, 0.15) is 31.9 Å². The first-order valence-corrected chi connectivity index (χ1v) is 10.1. The fourth-order valence-corrected chi connectivity index (χ4v) is 3.46. The Labute approximate surface area is 180 Å². The number of nitrogens with zero attached hydrogens (tertiary/aromatic N) is 4. The third-order valence-electron chi connectivity index (χ3n) is 4.92. The largest absolute Gasteiger partial charge is 0.444 e. The highest BCUT2D eigenvalue weighted by Crippen LogP contribution is 2.31. The molecule has 0 unspecified atom stereocenters. The number of hydrogen-bond donors (Lipinski definition) is 2. The Kier molecular flexibility index (Phi) is 5.22. The van der Waals surface area contributed by atoms with Crippen molar-refractivity contribution in [2.75, 3.05) is 0 Å². The number of ether oxygens (including phenoxy) is 1. The lowest BCUT2D eigenvalue weighted by atomic mass is 9.96. The summed E-state index contributed by atoms with van der Waals surface area (Å²) in [6.07, 6.45) is 5.02. The monoisotopic (exact) mass is 418 g/mol. The number of carbonyl (C=O) groups excluding carboxylic acids is 1. The van der Waals surface area contributed by atoms with Crippen LogP contribution in [0, 0.1) is 6.92 Å². The highest BCUT2D eigenvalue weighted by Gasteiger charge is 2.17. The summed E-state index contributed by atoms with van der Waals surface area (Å²) in [5.41, 5.74) is 5.98. The summed E-state index contributed by atoms with van der Waals surface area (Å²) in [5, 5.41) is 7.05. The van der Waals surface area contributed by atoms with Crippen molar-refractivity contribution in [2.24, 2.45) is 7.05 Å². The van der Waals surface area contributed by atoms with Gasteiger partial charge in [-0.3, -0.25) is 4.68 Å². The number of amides is 1. The Balaban J connectivity index is 1.66. The van der Waals surface area contributed by atoms with Gasteiger partial charge in [0.15, 0.2) is 5.65 Å².